The fourth-order valence-corrected chi connectivity index (χ4v) is 3.37. The van der Waals surface area contributed by atoms with Crippen LogP contribution in [0.25, 0.3) is 0 Å². The topological polar surface area (TPSA) is 83.5 Å². The van der Waals surface area contributed by atoms with Crippen molar-refractivity contribution in [2.24, 2.45) is 0 Å². The molecule has 7 heteroatoms. The number of carbonyl (C=O) groups excluding carboxylic acids is 1. The van der Waals surface area contributed by atoms with E-state index in [4.69, 9.17) is 23.7 Å². The molecule has 0 spiro atoms. The van der Waals surface area contributed by atoms with Crippen LogP contribution in [-0.4, -0.2) is 59.3 Å². The number of esters is 1. The molecule has 2 aliphatic heterocycles. The van der Waals surface area contributed by atoms with Gasteiger partial charge in [-0.05, 0) is 27.7 Å². The van der Waals surface area contributed by atoms with Gasteiger partial charge in [-0.3, -0.25) is 4.79 Å². The molecule has 120 valence electrons. The first-order valence-corrected chi connectivity index (χ1v) is 7.16. The summed E-state index contributed by atoms with van der Waals surface area (Å²) in [5.74, 6) is -2.15. The lowest BCUT2D eigenvalue weighted by Gasteiger charge is -2.39. The molecule has 2 saturated heterocycles. The highest BCUT2D eigenvalue weighted by Crippen LogP contribution is 2.45. The third-order valence-electron chi connectivity index (χ3n) is 3.95. The van der Waals surface area contributed by atoms with Crippen LogP contribution < -0.4 is 0 Å². The fraction of sp³-hybridized carbons (Fsp3) is 0.929. The molecule has 1 saturated carbocycles. The van der Waals surface area contributed by atoms with E-state index in [0.29, 0.717) is 0 Å². The van der Waals surface area contributed by atoms with E-state index >= 15 is 0 Å². The Labute approximate surface area is 123 Å². The maximum absolute atomic E-state index is 11.4. The first kappa shape index (κ1) is 15.2. The first-order chi connectivity index (χ1) is 9.60. The summed E-state index contributed by atoms with van der Waals surface area (Å²) in [7, 11) is 0. The number of fused-ring (bicyclic) bond motifs is 2. The number of hydrogen-bond donors (Lipinski definition) is 1. The van der Waals surface area contributed by atoms with Crippen LogP contribution in [0.1, 0.15) is 34.6 Å². The second-order valence-corrected chi connectivity index (χ2v) is 6.69. The van der Waals surface area contributed by atoms with Crippen molar-refractivity contribution in [3.63, 3.8) is 0 Å². The standard InChI is InChI=1S/C14H22O7/c1-6(15)17-10-11-8(18-13(2,3)20-11)7(16)9-12(10)21-14(4,5)19-9/h7-12,16H,1-5H3. The quantitative estimate of drug-likeness (QED) is 0.699. The van der Waals surface area contributed by atoms with E-state index in [1.54, 1.807) is 27.7 Å². The van der Waals surface area contributed by atoms with Gasteiger partial charge in [-0.2, -0.15) is 0 Å². The lowest BCUT2D eigenvalue weighted by molar-refractivity contribution is -0.194. The highest BCUT2D eigenvalue weighted by Gasteiger charge is 2.64. The predicted molar refractivity (Wildman–Crippen MR) is 69.2 cm³/mol. The van der Waals surface area contributed by atoms with E-state index < -0.39 is 54.2 Å². The summed E-state index contributed by atoms with van der Waals surface area (Å²) in [6.07, 6.45) is -4.00. The Morgan fingerprint density at radius 1 is 0.905 bits per heavy atom. The monoisotopic (exact) mass is 302 g/mol. The number of ether oxygens (including phenoxy) is 5. The summed E-state index contributed by atoms with van der Waals surface area (Å²) >= 11 is 0. The van der Waals surface area contributed by atoms with Crippen LogP contribution in [0, 0.1) is 0 Å². The van der Waals surface area contributed by atoms with Gasteiger partial charge in [0.1, 0.15) is 30.5 Å². The molecular formula is C14H22O7. The highest BCUT2D eigenvalue weighted by molar-refractivity contribution is 5.66. The van der Waals surface area contributed by atoms with E-state index in [1.165, 1.54) is 6.92 Å². The minimum absolute atomic E-state index is 0.435. The van der Waals surface area contributed by atoms with Crippen LogP contribution >= 0.6 is 0 Å². The minimum Gasteiger partial charge on any atom is -0.457 e. The second-order valence-electron chi connectivity index (χ2n) is 6.69. The third kappa shape index (κ3) is 2.57. The molecule has 0 amide bonds. The van der Waals surface area contributed by atoms with Crippen LogP contribution in [0.4, 0.5) is 0 Å². The Morgan fingerprint density at radius 2 is 1.29 bits per heavy atom. The number of hydrogen-bond acceptors (Lipinski definition) is 7. The van der Waals surface area contributed by atoms with E-state index in [-0.39, 0.29) is 0 Å². The van der Waals surface area contributed by atoms with Crippen molar-refractivity contribution in [1.82, 2.24) is 0 Å². The van der Waals surface area contributed by atoms with Crippen molar-refractivity contribution in [3.05, 3.63) is 0 Å². The Bertz CT molecular complexity index is 415. The van der Waals surface area contributed by atoms with Crippen LogP contribution in [0.3, 0.4) is 0 Å². The smallest absolute Gasteiger partial charge is 0.303 e. The lowest BCUT2D eigenvalue weighted by atomic mass is 9.85. The zero-order valence-corrected chi connectivity index (χ0v) is 12.9. The molecule has 0 radical (unpaired) electrons. The molecule has 4 atom stereocenters. The maximum Gasteiger partial charge on any atom is 0.303 e. The summed E-state index contributed by atoms with van der Waals surface area (Å²) in [6, 6.07) is 0. The van der Waals surface area contributed by atoms with Crippen LogP contribution in [0.2, 0.25) is 0 Å². The van der Waals surface area contributed by atoms with Crippen LogP contribution in [0.15, 0.2) is 0 Å². The molecule has 1 aliphatic carbocycles. The van der Waals surface area contributed by atoms with Gasteiger partial charge >= 0.3 is 5.97 Å². The van der Waals surface area contributed by atoms with E-state index in [2.05, 4.69) is 0 Å². The summed E-state index contributed by atoms with van der Waals surface area (Å²) < 4.78 is 28.5. The number of aliphatic hydroxyl groups is 1. The number of rotatable bonds is 1. The Balaban J connectivity index is 1.93. The van der Waals surface area contributed by atoms with Gasteiger partial charge in [0.2, 0.25) is 0 Å². The third-order valence-corrected chi connectivity index (χ3v) is 3.95. The summed E-state index contributed by atoms with van der Waals surface area (Å²) in [5, 5.41) is 10.5. The molecule has 21 heavy (non-hydrogen) atoms. The molecule has 3 rings (SSSR count). The van der Waals surface area contributed by atoms with Gasteiger partial charge in [0.15, 0.2) is 17.7 Å². The molecule has 0 aromatic rings. The van der Waals surface area contributed by atoms with Crippen molar-refractivity contribution < 1.29 is 33.6 Å². The molecule has 2 heterocycles. The minimum atomic E-state index is -0.907. The zero-order valence-electron chi connectivity index (χ0n) is 12.9. The van der Waals surface area contributed by atoms with Gasteiger partial charge in [-0.25, -0.2) is 0 Å². The summed E-state index contributed by atoms with van der Waals surface area (Å²) in [4.78, 5) is 11.4. The van der Waals surface area contributed by atoms with Crippen molar-refractivity contribution in [3.8, 4) is 0 Å². The number of aliphatic hydroxyl groups excluding tert-OH is 1. The predicted octanol–water partition coefficient (Wildman–Crippen LogP) is 0.333. The Morgan fingerprint density at radius 3 is 1.67 bits per heavy atom. The Kier molecular flexibility index (Phi) is 3.35. The second kappa shape index (κ2) is 4.63. The van der Waals surface area contributed by atoms with E-state index in [1.807, 2.05) is 0 Å². The molecule has 0 aromatic heterocycles. The molecular weight excluding hydrogens is 280 g/mol. The van der Waals surface area contributed by atoms with Crippen LogP contribution in [-0.2, 0) is 28.5 Å². The molecule has 3 aliphatic rings. The lowest BCUT2D eigenvalue weighted by Crippen LogP contribution is -2.62. The van der Waals surface area contributed by atoms with E-state index in [9.17, 15) is 9.90 Å². The zero-order chi connectivity index (χ0) is 15.6. The molecule has 0 bridgehead atoms. The first-order valence-electron chi connectivity index (χ1n) is 7.16. The summed E-state index contributed by atoms with van der Waals surface area (Å²) in [6.45, 7) is 8.35. The highest BCUT2D eigenvalue weighted by atomic mass is 16.8. The van der Waals surface area contributed by atoms with Gasteiger partial charge in [-0.15, -0.1) is 0 Å². The van der Waals surface area contributed by atoms with Crippen molar-refractivity contribution in [2.45, 2.75) is 82.8 Å². The van der Waals surface area contributed by atoms with E-state index in [0.717, 1.165) is 0 Å². The number of carbonyl (C=O) groups is 1. The Hall–Kier alpha value is -0.730. The van der Waals surface area contributed by atoms with Gasteiger partial charge in [-0.1, -0.05) is 0 Å². The SMILES string of the molecule is CC(=O)OC1C2OC(C)(C)OC2C(O)C2OC(C)(C)OC21. The molecule has 1 N–H and O–H groups in total. The molecule has 7 nitrogen and oxygen atoms in total. The maximum atomic E-state index is 11.4. The largest absolute Gasteiger partial charge is 0.457 e. The normalized spacial score (nSPS) is 46.8. The average Bonchev–Trinajstić information content (AvgIpc) is 2.81. The van der Waals surface area contributed by atoms with Gasteiger partial charge in [0, 0.05) is 6.92 Å². The van der Waals surface area contributed by atoms with Gasteiger partial charge in [0.05, 0.1) is 0 Å². The van der Waals surface area contributed by atoms with Crippen LogP contribution in [0.5, 0.6) is 0 Å². The van der Waals surface area contributed by atoms with Crippen molar-refractivity contribution in [1.29, 1.82) is 0 Å². The molecule has 4 unspecified atom stereocenters. The van der Waals surface area contributed by atoms with Crippen molar-refractivity contribution in [2.75, 3.05) is 0 Å². The average molecular weight is 302 g/mol. The van der Waals surface area contributed by atoms with Gasteiger partial charge in [0.25, 0.3) is 0 Å². The fourth-order valence-electron chi connectivity index (χ4n) is 3.37. The summed E-state index contributed by atoms with van der Waals surface area (Å²) in [5.41, 5.74) is 0. The molecule has 3 fully saturated rings. The van der Waals surface area contributed by atoms with Crippen molar-refractivity contribution >= 4 is 5.97 Å². The van der Waals surface area contributed by atoms with Gasteiger partial charge < -0.3 is 28.8 Å². The molecule has 0 aromatic carbocycles.